The minimum atomic E-state index is -0.899. The summed E-state index contributed by atoms with van der Waals surface area (Å²) in [6, 6.07) is 11.2. The van der Waals surface area contributed by atoms with Gasteiger partial charge in [-0.05, 0) is 37.1 Å². The van der Waals surface area contributed by atoms with Crippen molar-refractivity contribution >= 4 is 63.5 Å². The Hall–Kier alpha value is -3.86. The average molecular weight is 613 g/mol. The van der Waals surface area contributed by atoms with Gasteiger partial charge in [0.2, 0.25) is 0 Å². The van der Waals surface area contributed by atoms with Crippen molar-refractivity contribution < 1.29 is 28.6 Å². The highest BCUT2D eigenvalue weighted by Crippen LogP contribution is 2.31. The molecule has 5 rings (SSSR count). The van der Waals surface area contributed by atoms with Gasteiger partial charge in [-0.2, -0.15) is 0 Å². The Labute approximate surface area is 252 Å². The van der Waals surface area contributed by atoms with Gasteiger partial charge in [-0.1, -0.05) is 41.4 Å². The van der Waals surface area contributed by atoms with Crippen molar-refractivity contribution in [2.75, 3.05) is 23.3 Å². The quantitative estimate of drug-likeness (QED) is 0.226. The highest BCUT2D eigenvalue weighted by molar-refractivity contribution is 6.36. The summed E-state index contributed by atoms with van der Waals surface area (Å²) in [5.41, 5.74) is 2.33. The lowest BCUT2D eigenvalue weighted by atomic mass is 10.0. The van der Waals surface area contributed by atoms with E-state index in [2.05, 4.69) is 10.3 Å². The molecule has 0 bridgehead atoms. The van der Waals surface area contributed by atoms with Gasteiger partial charge in [0.05, 0.1) is 35.0 Å². The molecule has 1 saturated heterocycles. The van der Waals surface area contributed by atoms with Gasteiger partial charge in [0.25, 0.3) is 11.9 Å². The van der Waals surface area contributed by atoms with Crippen LogP contribution in [0.4, 0.5) is 11.7 Å². The summed E-state index contributed by atoms with van der Waals surface area (Å²) in [7, 11) is 1.88. The van der Waals surface area contributed by atoms with E-state index in [1.807, 2.05) is 40.8 Å². The number of carbonyl (C=O) groups is 3. The molecule has 2 aromatic heterocycles. The van der Waals surface area contributed by atoms with E-state index < -0.39 is 12.1 Å². The van der Waals surface area contributed by atoms with Crippen molar-refractivity contribution in [3.8, 4) is 0 Å². The first-order chi connectivity index (χ1) is 20.1. The Balaban J connectivity index is 1.17. The monoisotopic (exact) mass is 612 g/mol. The number of fused-ring (bicyclic) bond motifs is 1. The fourth-order valence-corrected chi connectivity index (χ4v) is 5.49. The molecule has 0 saturated carbocycles. The molecule has 12 heteroatoms. The van der Waals surface area contributed by atoms with Gasteiger partial charge in [0.15, 0.2) is 5.78 Å². The lowest BCUT2D eigenvalue weighted by Gasteiger charge is -2.19. The molecule has 2 N–H and O–H groups in total. The summed E-state index contributed by atoms with van der Waals surface area (Å²) in [5.74, 6) is -0.868. The van der Waals surface area contributed by atoms with E-state index in [-0.39, 0.29) is 42.1 Å². The second-order valence-corrected chi connectivity index (χ2v) is 11.1. The number of aromatic nitrogens is 2. The van der Waals surface area contributed by atoms with Gasteiger partial charge in [0.1, 0.15) is 11.9 Å². The average Bonchev–Trinajstić information content (AvgIpc) is 3.69. The number of nitrogens with one attached hydrogen (secondary N) is 1. The van der Waals surface area contributed by atoms with E-state index in [9.17, 15) is 14.4 Å². The zero-order valence-corrected chi connectivity index (χ0v) is 24.6. The number of rotatable bonds is 11. The van der Waals surface area contributed by atoms with E-state index in [0.717, 1.165) is 10.9 Å². The lowest BCUT2D eigenvalue weighted by Crippen LogP contribution is -2.30. The van der Waals surface area contributed by atoms with Gasteiger partial charge >= 0.3 is 5.97 Å². The molecule has 1 aliphatic heterocycles. The van der Waals surface area contributed by atoms with Gasteiger partial charge in [-0.15, -0.1) is 0 Å². The molecular weight excluding hydrogens is 583 g/mol. The maximum absolute atomic E-state index is 13.1. The van der Waals surface area contributed by atoms with E-state index in [4.69, 9.17) is 37.5 Å². The molecule has 2 atom stereocenters. The second kappa shape index (κ2) is 12.6. The summed E-state index contributed by atoms with van der Waals surface area (Å²) in [4.78, 5) is 43.0. The number of hydrogen-bond donors (Lipinski definition) is 2. The van der Waals surface area contributed by atoms with Crippen LogP contribution < -0.4 is 10.2 Å². The summed E-state index contributed by atoms with van der Waals surface area (Å²) in [5, 5.41) is 13.1. The number of aryl methyl sites for hydroxylation is 2. The first-order valence-electron chi connectivity index (χ1n) is 13.5. The number of anilines is 2. The van der Waals surface area contributed by atoms with Crippen molar-refractivity contribution in [3.63, 3.8) is 0 Å². The van der Waals surface area contributed by atoms with Crippen LogP contribution in [0.25, 0.3) is 10.9 Å². The Bertz CT molecular complexity index is 1650. The molecule has 2 aromatic carbocycles. The molecule has 1 fully saturated rings. The van der Waals surface area contributed by atoms with Crippen LogP contribution in [0.5, 0.6) is 0 Å². The van der Waals surface area contributed by atoms with Crippen LogP contribution in [0, 0.1) is 0 Å². The van der Waals surface area contributed by atoms with Crippen molar-refractivity contribution in [1.29, 1.82) is 0 Å². The van der Waals surface area contributed by atoms with E-state index in [0.29, 0.717) is 53.1 Å². The maximum atomic E-state index is 13.1. The zero-order chi connectivity index (χ0) is 30.0. The normalized spacial score (nSPS) is 15.7. The number of Topliss-reactive ketones (excluding diaryl/α,β-unsaturated/α-hetero) is 1. The predicted molar refractivity (Wildman–Crippen MR) is 160 cm³/mol. The minimum Gasteiger partial charge on any atom is -0.481 e. The number of benzene rings is 2. The molecule has 1 amide bonds. The molecule has 10 nitrogen and oxygen atoms in total. The summed E-state index contributed by atoms with van der Waals surface area (Å²) >= 11 is 13.0. The van der Waals surface area contributed by atoms with E-state index in [1.54, 1.807) is 25.3 Å². The maximum Gasteiger partial charge on any atom is 0.303 e. The summed E-state index contributed by atoms with van der Waals surface area (Å²) in [6.07, 6.45) is 3.34. The Kier molecular flexibility index (Phi) is 8.86. The van der Waals surface area contributed by atoms with Crippen LogP contribution in [-0.4, -0.2) is 57.6 Å². The zero-order valence-electron chi connectivity index (χ0n) is 23.1. The number of hydrogen-bond acceptors (Lipinski definition) is 7. The standard InChI is InChI=1S/C30H30Cl2N4O6/c1-17(41-20-9-10-36(15-20)30-33-14-19(42-30)7-8-28(38)39)27(37)12-18-11-24(32)25(13-23(18)31)34-29(40)22-16-35(2)26-6-4-3-5-21(22)26/h3-6,11,13-14,16-17,20H,7-10,12,15H2,1-2H3,(H,34,40)(H,38,39)/t17?,20-/m0/s1. The van der Waals surface area contributed by atoms with Crippen LogP contribution in [0.2, 0.25) is 10.0 Å². The molecule has 4 aromatic rings. The van der Waals surface area contributed by atoms with Crippen molar-refractivity contribution in [3.05, 3.63) is 75.7 Å². The first-order valence-corrected chi connectivity index (χ1v) is 14.3. The number of ether oxygens (including phenoxy) is 1. The second-order valence-electron chi connectivity index (χ2n) is 10.3. The fourth-order valence-electron chi connectivity index (χ4n) is 5.03. The molecular formula is C30H30Cl2N4O6. The number of amides is 1. The number of oxazole rings is 1. The third-order valence-corrected chi connectivity index (χ3v) is 7.95. The predicted octanol–water partition coefficient (Wildman–Crippen LogP) is 5.54. The molecule has 1 aliphatic rings. The van der Waals surface area contributed by atoms with Crippen molar-refractivity contribution in [1.82, 2.24) is 9.55 Å². The van der Waals surface area contributed by atoms with Gasteiger partial charge in [0, 0.05) is 55.1 Å². The summed E-state index contributed by atoms with van der Waals surface area (Å²) in [6.45, 7) is 2.83. The highest BCUT2D eigenvalue weighted by atomic mass is 35.5. The van der Waals surface area contributed by atoms with Gasteiger partial charge in [-0.3, -0.25) is 14.4 Å². The van der Waals surface area contributed by atoms with E-state index in [1.165, 1.54) is 6.20 Å². The molecule has 0 spiro atoms. The van der Waals surface area contributed by atoms with Gasteiger partial charge in [-0.25, -0.2) is 4.98 Å². The van der Waals surface area contributed by atoms with Crippen molar-refractivity contribution in [2.24, 2.45) is 7.05 Å². The molecule has 0 aliphatic carbocycles. The largest absolute Gasteiger partial charge is 0.481 e. The Morgan fingerprint density at radius 1 is 1.21 bits per heavy atom. The SMILES string of the molecule is CC(O[C@H]1CCN(c2ncc(CCC(=O)O)o2)C1)C(=O)Cc1cc(Cl)c(NC(=O)c2cn(C)c3ccccc23)cc1Cl. The summed E-state index contributed by atoms with van der Waals surface area (Å²) < 4.78 is 13.6. The smallest absolute Gasteiger partial charge is 0.303 e. The van der Waals surface area contributed by atoms with Crippen LogP contribution in [-0.2, 0) is 34.2 Å². The van der Waals surface area contributed by atoms with Crippen LogP contribution in [0.1, 0.15) is 41.4 Å². The first kappa shape index (κ1) is 29.6. The number of carbonyl (C=O) groups excluding carboxylic acids is 2. The topological polar surface area (TPSA) is 127 Å². The molecule has 0 radical (unpaired) electrons. The fraction of sp³-hybridized carbons (Fsp3) is 0.333. The lowest BCUT2D eigenvalue weighted by molar-refractivity contribution is -0.137. The third-order valence-electron chi connectivity index (χ3n) is 7.28. The van der Waals surface area contributed by atoms with Crippen LogP contribution in [0.3, 0.4) is 0 Å². The number of halogens is 2. The van der Waals surface area contributed by atoms with Crippen molar-refractivity contribution in [2.45, 2.75) is 44.8 Å². The third kappa shape index (κ3) is 6.61. The number of carboxylic acid groups (broad SMARTS) is 1. The van der Waals surface area contributed by atoms with E-state index >= 15 is 0 Å². The number of carboxylic acids is 1. The minimum absolute atomic E-state index is 0.0143. The number of nitrogens with zero attached hydrogens (tertiary/aromatic N) is 3. The number of aliphatic carboxylic acids is 1. The molecule has 1 unspecified atom stereocenters. The Morgan fingerprint density at radius 2 is 2.00 bits per heavy atom. The molecule has 42 heavy (non-hydrogen) atoms. The van der Waals surface area contributed by atoms with Crippen LogP contribution in [0.15, 0.2) is 53.2 Å². The molecule has 3 heterocycles. The van der Waals surface area contributed by atoms with Crippen LogP contribution >= 0.6 is 23.2 Å². The Morgan fingerprint density at radius 3 is 2.79 bits per heavy atom. The number of ketones is 1. The highest BCUT2D eigenvalue weighted by Gasteiger charge is 2.29. The number of para-hydroxylation sites is 1. The molecule has 220 valence electrons. The van der Waals surface area contributed by atoms with Gasteiger partial charge < -0.3 is 29.0 Å².